The van der Waals surface area contributed by atoms with E-state index in [1.54, 1.807) is 0 Å². The first-order valence-corrected chi connectivity index (χ1v) is 4.23. The summed E-state index contributed by atoms with van der Waals surface area (Å²) in [5, 5.41) is 2.83. The smallest absolute Gasteiger partial charge is 0.389 e. The van der Waals surface area contributed by atoms with Gasteiger partial charge in [-0.15, -0.1) is 0 Å². The molecule has 0 saturated heterocycles. The molecule has 0 atom stereocenters. The van der Waals surface area contributed by atoms with Crippen molar-refractivity contribution < 1.29 is 17.6 Å². The first kappa shape index (κ1) is 11.0. The number of nitrogens with zero attached hydrogens (tertiary/aromatic N) is 1. The molecule has 0 spiro atoms. The minimum absolute atomic E-state index is 0.0810. The van der Waals surface area contributed by atoms with Gasteiger partial charge in [0.1, 0.15) is 5.76 Å². The molecule has 0 amide bonds. The van der Waals surface area contributed by atoms with Gasteiger partial charge in [0.25, 0.3) is 0 Å². The van der Waals surface area contributed by atoms with Gasteiger partial charge in [0.2, 0.25) is 0 Å². The molecule has 1 N–H and O–H groups in total. The third kappa shape index (κ3) is 4.86. The van der Waals surface area contributed by atoms with Crippen molar-refractivity contribution in [2.24, 2.45) is 0 Å². The fourth-order valence-corrected chi connectivity index (χ4v) is 0.955. The summed E-state index contributed by atoms with van der Waals surface area (Å²) >= 11 is 0. The highest BCUT2D eigenvalue weighted by Gasteiger charge is 2.25. The molecule has 1 rings (SSSR count). The molecule has 3 nitrogen and oxygen atoms in total. The van der Waals surface area contributed by atoms with E-state index in [4.69, 9.17) is 4.42 Å². The van der Waals surface area contributed by atoms with E-state index in [0.717, 1.165) is 0 Å². The zero-order chi connectivity index (χ0) is 10.4. The van der Waals surface area contributed by atoms with Crippen molar-refractivity contribution in [3.05, 3.63) is 18.4 Å². The SMILES string of the molecule is FC(F)(F)CCCNCc1cnco1. The molecule has 0 aliphatic heterocycles. The summed E-state index contributed by atoms with van der Waals surface area (Å²) in [6.45, 7) is 0.734. The van der Waals surface area contributed by atoms with Crippen LogP contribution in [0.15, 0.2) is 17.0 Å². The van der Waals surface area contributed by atoms with E-state index in [0.29, 0.717) is 18.8 Å². The van der Waals surface area contributed by atoms with Gasteiger partial charge in [0, 0.05) is 6.42 Å². The molecule has 14 heavy (non-hydrogen) atoms. The lowest BCUT2D eigenvalue weighted by atomic mass is 10.3. The van der Waals surface area contributed by atoms with Crippen molar-refractivity contribution in [2.45, 2.75) is 25.6 Å². The predicted molar refractivity (Wildman–Crippen MR) is 43.5 cm³/mol. The Bertz CT molecular complexity index is 246. The van der Waals surface area contributed by atoms with Gasteiger partial charge >= 0.3 is 6.18 Å². The highest BCUT2D eigenvalue weighted by atomic mass is 19.4. The molecule has 0 aliphatic carbocycles. The van der Waals surface area contributed by atoms with Crippen LogP contribution < -0.4 is 5.32 Å². The molecule has 0 aliphatic rings. The second kappa shape index (κ2) is 4.99. The molecule has 0 saturated carbocycles. The van der Waals surface area contributed by atoms with Gasteiger partial charge in [-0.3, -0.25) is 0 Å². The maximum Gasteiger partial charge on any atom is 0.389 e. The average Bonchev–Trinajstić information content (AvgIpc) is 2.54. The maximum absolute atomic E-state index is 11.7. The zero-order valence-electron chi connectivity index (χ0n) is 7.47. The molecule has 0 unspecified atom stereocenters. The van der Waals surface area contributed by atoms with Crippen LogP contribution in [0.2, 0.25) is 0 Å². The number of aromatic nitrogens is 1. The van der Waals surface area contributed by atoms with Crippen LogP contribution in [-0.2, 0) is 6.54 Å². The summed E-state index contributed by atoms with van der Waals surface area (Å²) in [7, 11) is 0. The Balaban J connectivity index is 2.00. The molecule has 1 heterocycles. The fraction of sp³-hybridized carbons (Fsp3) is 0.625. The highest BCUT2D eigenvalue weighted by Crippen LogP contribution is 2.20. The van der Waals surface area contributed by atoms with Gasteiger partial charge in [-0.25, -0.2) is 4.98 Å². The first-order chi connectivity index (χ1) is 6.58. The van der Waals surface area contributed by atoms with Crippen molar-refractivity contribution in [3.63, 3.8) is 0 Å². The van der Waals surface area contributed by atoms with E-state index in [2.05, 4.69) is 10.3 Å². The summed E-state index contributed by atoms with van der Waals surface area (Å²) < 4.78 is 40.0. The molecular formula is C8H11F3N2O. The van der Waals surface area contributed by atoms with E-state index in [9.17, 15) is 13.2 Å². The molecule has 1 aromatic heterocycles. The van der Waals surface area contributed by atoms with E-state index < -0.39 is 12.6 Å². The number of hydrogen-bond donors (Lipinski definition) is 1. The van der Waals surface area contributed by atoms with Crippen molar-refractivity contribution in [3.8, 4) is 0 Å². The van der Waals surface area contributed by atoms with Crippen LogP contribution in [0.25, 0.3) is 0 Å². The molecule has 0 radical (unpaired) electrons. The van der Waals surface area contributed by atoms with E-state index in [1.807, 2.05) is 0 Å². The quantitative estimate of drug-likeness (QED) is 0.753. The van der Waals surface area contributed by atoms with Crippen molar-refractivity contribution >= 4 is 0 Å². The molecule has 0 fully saturated rings. The molecule has 1 aromatic rings. The van der Waals surface area contributed by atoms with Crippen LogP contribution in [-0.4, -0.2) is 17.7 Å². The topological polar surface area (TPSA) is 38.1 Å². The largest absolute Gasteiger partial charge is 0.447 e. The normalized spacial score (nSPS) is 11.9. The summed E-state index contributed by atoms with van der Waals surface area (Å²) in [5.41, 5.74) is 0. The highest BCUT2D eigenvalue weighted by molar-refractivity contribution is 4.86. The number of rotatable bonds is 5. The maximum atomic E-state index is 11.7. The zero-order valence-corrected chi connectivity index (χ0v) is 7.47. The molecule has 80 valence electrons. The fourth-order valence-electron chi connectivity index (χ4n) is 0.955. The number of nitrogens with one attached hydrogen (secondary N) is 1. The van der Waals surface area contributed by atoms with Crippen LogP contribution in [0.4, 0.5) is 13.2 Å². The number of oxazole rings is 1. The minimum Gasteiger partial charge on any atom is -0.447 e. The lowest BCUT2D eigenvalue weighted by Crippen LogP contribution is -2.17. The number of alkyl halides is 3. The summed E-state index contributed by atoms with van der Waals surface area (Å²) in [5.74, 6) is 0.622. The van der Waals surface area contributed by atoms with Gasteiger partial charge in [0.05, 0.1) is 12.7 Å². The Morgan fingerprint density at radius 2 is 2.21 bits per heavy atom. The van der Waals surface area contributed by atoms with Crippen molar-refractivity contribution in [2.75, 3.05) is 6.54 Å². The third-order valence-corrected chi connectivity index (χ3v) is 1.60. The van der Waals surface area contributed by atoms with Crippen LogP contribution >= 0.6 is 0 Å². The summed E-state index contributed by atoms with van der Waals surface area (Å²) in [6, 6.07) is 0. The molecule has 6 heteroatoms. The lowest BCUT2D eigenvalue weighted by molar-refractivity contribution is -0.135. The predicted octanol–water partition coefficient (Wildman–Crippen LogP) is 2.11. The van der Waals surface area contributed by atoms with Crippen molar-refractivity contribution in [1.29, 1.82) is 0 Å². The third-order valence-electron chi connectivity index (χ3n) is 1.60. The second-order valence-corrected chi connectivity index (χ2v) is 2.86. The molecular weight excluding hydrogens is 197 g/mol. The first-order valence-electron chi connectivity index (χ1n) is 4.23. The summed E-state index contributed by atoms with van der Waals surface area (Å²) in [6.07, 6.45) is -1.93. The van der Waals surface area contributed by atoms with Crippen LogP contribution in [0.5, 0.6) is 0 Å². The van der Waals surface area contributed by atoms with Gasteiger partial charge in [-0.05, 0) is 13.0 Å². The van der Waals surface area contributed by atoms with Gasteiger partial charge in [0.15, 0.2) is 6.39 Å². The number of halogens is 3. The Morgan fingerprint density at radius 1 is 1.43 bits per heavy atom. The minimum atomic E-state index is -4.06. The second-order valence-electron chi connectivity index (χ2n) is 2.86. The Morgan fingerprint density at radius 3 is 2.79 bits per heavy atom. The lowest BCUT2D eigenvalue weighted by Gasteiger charge is -2.05. The van der Waals surface area contributed by atoms with Gasteiger partial charge in [-0.1, -0.05) is 0 Å². The molecule has 0 aromatic carbocycles. The Kier molecular flexibility index (Phi) is 3.94. The average molecular weight is 208 g/mol. The van der Waals surface area contributed by atoms with E-state index in [-0.39, 0.29) is 6.42 Å². The standard InChI is InChI=1S/C8H11F3N2O/c9-8(10,11)2-1-3-12-4-7-5-13-6-14-7/h5-6,12H,1-4H2. The summed E-state index contributed by atoms with van der Waals surface area (Å²) in [4.78, 5) is 3.67. The van der Waals surface area contributed by atoms with Crippen molar-refractivity contribution in [1.82, 2.24) is 10.3 Å². The van der Waals surface area contributed by atoms with Gasteiger partial charge < -0.3 is 9.73 Å². The Labute approximate surface area is 79.3 Å². The van der Waals surface area contributed by atoms with E-state index in [1.165, 1.54) is 12.6 Å². The van der Waals surface area contributed by atoms with Crippen LogP contribution in [0.1, 0.15) is 18.6 Å². The van der Waals surface area contributed by atoms with E-state index >= 15 is 0 Å². The Hall–Kier alpha value is -1.04. The van der Waals surface area contributed by atoms with Crippen LogP contribution in [0, 0.1) is 0 Å². The number of hydrogen-bond acceptors (Lipinski definition) is 3. The monoisotopic (exact) mass is 208 g/mol. The molecule has 0 bridgehead atoms. The van der Waals surface area contributed by atoms with Gasteiger partial charge in [-0.2, -0.15) is 13.2 Å². The van der Waals surface area contributed by atoms with Crippen LogP contribution in [0.3, 0.4) is 0 Å².